The van der Waals surface area contributed by atoms with Crippen LogP contribution in [0.3, 0.4) is 0 Å². The molecule has 3 rings (SSSR count). The number of nitriles is 1. The first kappa shape index (κ1) is 21.8. The van der Waals surface area contributed by atoms with Gasteiger partial charge in [0.25, 0.3) is 0 Å². The first-order valence-corrected chi connectivity index (χ1v) is 10.0. The summed E-state index contributed by atoms with van der Waals surface area (Å²) in [5.74, 6) is 0.279. The highest BCUT2D eigenvalue weighted by Gasteiger charge is 2.24. The molecule has 1 aliphatic rings. The van der Waals surface area contributed by atoms with Crippen LogP contribution in [0.4, 0.5) is 10.1 Å². The van der Waals surface area contributed by atoms with Crippen molar-refractivity contribution in [2.45, 2.75) is 25.8 Å². The van der Waals surface area contributed by atoms with Gasteiger partial charge in [0.15, 0.2) is 0 Å². The molecular weight excluding hydrogens is 383 g/mol. The van der Waals surface area contributed by atoms with E-state index >= 15 is 0 Å². The van der Waals surface area contributed by atoms with E-state index in [0.29, 0.717) is 12.1 Å². The molecule has 2 aromatic rings. The van der Waals surface area contributed by atoms with Crippen LogP contribution in [0.1, 0.15) is 24.5 Å². The average molecular weight is 410 g/mol. The van der Waals surface area contributed by atoms with Crippen molar-refractivity contribution in [2.24, 2.45) is 0 Å². The lowest BCUT2D eigenvalue weighted by Gasteiger charge is -2.22. The summed E-state index contributed by atoms with van der Waals surface area (Å²) in [6.07, 6.45) is 3.67. The molecule has 7 heteroatoms. The number of benzene rings is 2. The predicted molar refractivity (Wildman–Crippen MR) is 115 cm³/mol. The second-order valence-corrected chi connectivity index (χ2v) is 7.19. The minimum atomic E-state index is -0.532. The normalized spacial score (nSPS) is 15.8. The van der Waals surface area contributed by atoms with Crippen molar-refractivity contribution in [1.29, 1.82) is 5.26 Å². The van der Waals surface area contributed by atoms with Crippen molar-refractivity contribution >= 4 is 5.69 Å². The highest BCUT2D eigenvalue weighted by Crippen LogP contribution is 2.34. The molecule has 3 N–H and O–H groups in total. The average Bonchev–Trinajstić information content (AvgIpc) is 3.14. The first-order valence-electron chi connectivity index (χ1n) is 10.0. The predicted octanol–water partition coefficient (Wildman–Crippen LogP) is 3.08. The molecule has 0 amide bonds. The number of hydrogen-bond acceptors (Lipinski definition) is 6. The third-order valence-corrected chi connectivity index (χ3v) is 5.08. The van der Waals surface area contributed by atoms with Gasteiger partial charge < -0.3 is 15.2 Å². The van der Waals surface area contributed by atoms with Crippen LogP contribution in [0.25, 0.3) is 11.1 Å². The summed E-state index contributed by atoms with van der Waals surface area (Å²) < 4.78 is 19.7. The van der Waals surface area contributed by atoms with Crippen molar-refractivity contribution in [2.75, 3.05) is 31.8 Å². The van der Waals surface area contributed by atoms with E-state index in [9.17, 15) is 4.39 Å². The largest absolute Gasteiger partial charge is 0.498 e. The van der Waals surface area contributed by atoms with Gasteiger partial charge in [-0.2, -0.15) is 5.26 Å². The number of nitrogens with one attached hydrogen (secondary N) is 2. The number of anilines is 1. The van der Waals surface area contributed by atoms with Crippen LogP contribution in [-0.2, 0) is 11.2 Å². The molecule has 30 heavy (non-hydrogen) atoms. The standard InChI is InChI=1S/C23H27FN4O2/c1-16-23(30-2)15-28(27-16)22-8-5-17(4-3-9-26-10-11-29)12-20(22)18-6-7-19(14-25)21(24)13-18/h5-8,12-13,15-16,26-27,29H,3-4,9-11H2,1-2H3. The van der Waals surface area contributed by atoms with E-state index in [1.54, 1.807) is 13.2 Å². The number of aliphatic hydroxyl groups is 1. The Hall–Kier alpha value is -2.92. The van der Waals surface area contributed by atoms with Crippen LogP contribution >= 0.6 is 0 Å². The van der Waals surface area contributed by atoms with E-state index in [-0.39, 0.29) is 18.2 Å². The number of ether oxygens (including phenoxy) is 1. The highest BCUT2D eigenvalue weighted by atomic mass is 19.1. The summed E-state index contributed by atoms with van der Waals surface area (Å²) in [6, 6.07) is 12.7. The number of nitrogens with zero attached hydrogens (tertiary/aromatic N) is 2. The molecule has 0 fully saturated rings. The van der Waals surface area contributed by atoms with Crippen LogP contribution in [0.15, 0.2) is 48.4 Å². The van der Waals surface area contributed by atoms with Crippen molar-refractivity contribution < 1.29 is 14.2 Å². The fourth-order valence-corrected chi connectivity index (χ4v) is 3.49. The van der Waals surface area contributed by atoms with Gasteiger partial charge in [0.2, 0.25) is 0 Å². The lowest BCUT2D eigenvalue weighted by atomic mass is 9.97. The lowest BCUT2D eigenvalue weighted by Crippen LogP contribution is -2.34. The molecule has 158 valence electrons. The van der Waals surface area contributed by atoms with Crippen molar-refractivity contribution in [3.8, 4) is 17.2 Å². The van der Waals surface area contributed by atoms with Crippen LogP contribution in [0.2, 0.25) is 0 Å². The van der Waals surface area contributed by atoms with E-state index < -0.39 is 5.82 Å². The summed E-state index contributed by atoms with van der Waals surface area (Å²) >= 11 is 0. The second-order valence-electron chi connectivity index (χ2n) is 7.19. The SMILES string of the molecule is COC1=CN(c2ccc(CCCNCCO)cc2-c2ccc(C#N)c(F)c2)NC1C. The minimum Gasteiger partial charge on any atom is -0.498 e. The Bertz CT molecular complexity index is 955. The molecular formula is C23H27FN4O2. The zero-order valence-electron chi connectivity index (χ0n) is 17.3. The smallest absolute Gasteiger partial charge is 0.141 e. The molecule has 0 saturated heterocycles. The Morgan fingerprint density at radius 2 is 2.10 bits per heavy atom. The topological polar surface area (TPSA) is 80.6 Å². The maximum Gasteiger partial charge on any atom is 0.141 e. The lowest BCUT2D eigenvalue weighted by molar-refractivity contribution is 0.268. The molecule has 1 heterocycles. The molecule has 0 aromatic heterocycles. The van der Waals surface area contributed by atoms with Gasteiger partial charge in [-0.3, -0.25) is 5.01 Å². The van der Waals surface area contributed by atoms with Crippen LogP contribution in [-0.4, -0.2) is 38.0 Å². The van der Waals surface area contributed by atoms with Crippen LogP contribution < -0.4 is 15.8 Å². The molecule has 0 spiro atoms. The van der Waals surface area contributed by atoms with Gasteiger partial charge in [-0.1, -0.05) is 12.1 Å². The quantitative estimate of drug-likeness (QED) is 0.552. The van der Waals surface area contributed by atoms with Gasteiger partial charge >= 0.3 is 0 Å². The summed E-state index contributed by atoms with van der Waals surface area (Å²) in [4.78, 5) is 0. The highest BCUT2D eigenvalue weighted by molar-refractivity contribution is 5.80. The fourth-order valence-electron chi connectivity index (χ4n) is 3.49. The minimum absolute atomic E-state index is 0.0258. The summed E-state index contributed by atoms with van der Waals surface area (Å²) in [5, 5.41) is 23.0. The Balaban J connectivity index is 1.93. The van der Waals surface area contributed by atoms with Gasteiger partial charge in [0.1, 0.15) is 17.6 Å². The van der Waals surface area contributed by atoms with E-state index in [1.165, 1.54) is 12.1 Å². The number of aliphatic hydroxyl groups excluding tert-OH is 1. The molecule has 2 aromatic carbocycles. The second kappa shape index (κ2) is 10.2. The molecule has 1 atom stereocenters. The molecule has 6 nitrogen and oxygen atoms in total. The Labute approximate surface area is 176 Å². The maximum atomic E-state index is 14.3. The van der Waals surface area contributed by atoms with E-state index in [4.69, 9.17) is 15.1 Å². The van der Waals surface area contributed by atoms with Gasteiger partial charge in [-0.05, 0) is 61.7 Å². The molecule has 0 saturated carbocycles. The van der Waals surface area contributed by atoms with Gasteiger partial charge in [0, 0.05) is 12.1 Å². The van der Waals surface area contributed by atoms with Crippen molar-refractivity contribution in [3.63, 3.8) is 0 Å². The zero-order chi connectivity index (χ0) is 21.5. The van der Waals surface area contributed by atoms with E-state index in [2.05, 4.69) is 22.9 Å². The number of aryl methyl sites for hydroxylation is 1. The number of halogens is 1. The number of rotatable bonds is 9. The van der Waals surface area contributed by atoms with Gasteiger partial charge in [0.05, 0.1) is 37.2 Å². The van der Waals surface area contributed by atoms with E-state index in [0.717, 1.165) is 42.0 Å². The van der Waals surface area contributed by atoms with Crippen LogP contribution in [0, 0.1) is 17.1 Å². The first-order chi connectivity index (χ1) is 14.6. The maximum absolute atomic E-state index is 14.3. The Morgan fingerprint density at radius 1 is 1.27 bits per heavy atom. The third kappa shape index (κ3) is 4.97. The van der Waals surface area contributed by atoms with Crippen LogP contribution in [0.5, 0.6) is 0 Å². The van der Waals surface area contributed by atoms with Gasteiger partial charge in [-0.15, -0.1) is 0 Å². The fraction of sp³-hybridized carbons (Fsp3) is 0.348. The summed E-state index contributed by atoms with van der Waals surface area (Å²) in [6.45, 7) is 3.53. The molecule has 0 aliphatic carbocycles. The number of hydrazine groups is 1. The Kier molecular flexibility index (Phi) is 7.41. The Morgan fingerprint density at radius 3 is 2.77 bits per heavy atom. The number of hydrogen-bond donors (Lipinski definition) is 3. The summed E-state index contributed by atoms with van der Waals surface area (Å²) in [5.41, 5.74) is 6.95. The van der Waals surface area contributed by atoms with Crippen molar-refractivity contribution in [1.82, 2.24) is 10.7 Å². The monoisotopic (exact) mass is 410 g/mol. The molecule has 0 bridgehead atoms. The number of methoxy groups -OCH3 is 1. The third-order valence-electron chi connectivity index (χ3n) is 5.08. The van der Waals surface area contributed by atoms with Crippen molar-refractivity contribution in [3.05, 3.63) is 65.3 Å². The summed E-state index contributed by atoms with van der Waals surface area (Å²) in [7, 11) is 1.64. The molecule has 1 aliphatic heterocycles. The molecule has 1 unspecified atom stereocenters. The van der Waals surface area contributed by atoms with E-state index in [1.807, 2.05) is 30.3 Å². The molecule has 0 radical (unpaired) electrons. The zero-order valence-corrected chi connectivity index (χ0v) is 17.3. The van der Waals surface area contributed by atoms with Gasteiger partial charge in [-0.25, -0.2) is 9.82 Å².